The predicted octanol–water partition coefficient (Wildman–Crippen LogP) is 2.92. The van der Waals surface area contributed by atoms with Gasteiger partial charge in [-0.25, -0.2) is 0 Å². The van der Waals surface area contributed by atoms with Gasteiger partial charge in [-0.2, -0.15) is 0 Å². The highest BCUT2D eigenvalue weighted by Gasteiger charge is 2.15. The van der Waals surface area contributed by atoms with E-state index in [4.69, 9.17) is 19.0 Å². The number of aliphatic hydroxyl groups excluding tert-OH is 1. The predicted molar refractivity (Wildman–Crippen MR) is 77.1 cm³/mol. The quantitative estimate of drug-likeness (QED) is 0.896. The van der Waals surface area contributed by atoms with Crippen LogP contribution < -0.4 is 14.8 Å². The molecule has 0 unspecified atom stereocenters. The highest BCUT2D eigenvalue weighted by Crippen LogP contribution is 2.38. The number of hydrogen-bond donors (Lipinski definition) is 2. The summed E-state index contributed by atoms with van der Waals surface area (Å²) in [7, 11) is 0. The lowest BCUT2D eigenvalue weighted by Crippen LogP contribution is -2.15. The highest BCUT2D eigenvalue weighted by molar-refractivity contribution is 9.10. The van der Waals surface area contributed by atoms with Crippen LogP contribution in [0.15, 0.2) is 33.2 Å². The highest BCUT2D eigenvalue weighted by atomic mass is 79.9. The summed E-state index contributed by atoms with van der Waals surface area (Å²) >= 11 is 3.50. The molecule has 0 saturated carbocycles. The Balaban J connectivity index is 1.73. The summed E-state index contributed by atoms with van der Waals surface area (Å²) in [6.07, 6.45) is 0. The van der Waals surface area contributed by atoms with Gasteiger partial charge in [0.1, 0.15) is 31.3 Å². The zero-order valence-electron chi connectivity index (χ0n) is 10.7. The molecule has 0 fully saturated rings. The molecular weight excluding hydrogens is 326 g/mol. The topological polar surface area (TPSA) is 63.9 Å². The zero-order chi connectivity index (χ0) is 13.9. The van der Waals surface area contributed by atoms with Crippen molar-refractivity contribution in [1.29, 1.82) is 0 Å². The van der Waals surface area contributed by atoms with Crippen LogP contribution in [0, 0.1) is 0 Å². The van der Waals surface area contributed by atoms with Gasteiger partial charge >= 0.3 is 0 Å². The van der Waals surface area contributed by atoms with Gasteiger partial charge in [0.05, 0.1) is 12.2 Å². The molecule has 0 amide bonds. The van der Waals surface area contributed by atoms with Gasteiger partial charge in [-0.3, -0.25) is 0 Å². The van der Waals surface area contributed by atoms with E-state index in [1.165, 1.54) is 0 Å². The monoisotopic (exact) mass is 339 g/mol. The second kappa shape index (κ2) is 5.76. The first-order chi connectivity index (χ1) is 9.76. The Labute approximate surface area is 124 Å². The lowest BCUT2D eigenvalue weighted by Gasteiger charge is -2.20. The molecule has 0 spiro atoms. The van der Waals surface area contributed by atoms with Crippen molar-refractivity contribution in [2.75, 3.05) is 18.5 Å². The molecule has 106 valence electrons. The van der Waals surface area contributed by atoms with E-state index < -0.39 is 0 Å². The van der Waals surface area contributed by atoms with Gasteiger partial charge in [0.25, 0.3) is 0 Å². The van der Waals surface area contributed by atoms with E-state index >= 15 is 0 Å². The largest absolute Gasteiger partial charge is 0.486 e. The number of furan rings is 1. The molecule has 0 atom stereocenters. The van der Waals surface area contributed by atoms with Crippen LogP contribution in [0.4, 0.5) is 5.69 Å². The number of halogens is 1. The second-order valence-corrected chi connectivity index (χ2v) is 5.21. The summed E-state index contributed by atoms with van der Waals surface area (Å²) in [5.41, 5.74) is 0.899. The molecule has 0 radical (unpaired) electrons. The lowest BCUT2D eigenvalue weighted by molar-refractivity contribution is 0.171. The summed E-state index contributed by atoms with van der Waals surface area (Å²) in [6.45, 7) is 1.57. The van der Waals surface area contributed by atoms with E-state index in [0.29, 0.717) is 25.5 Å². The van der Waals surface area contributed by atoms with Crippen molar-refractivity contribution >= 4 is 21.6 Å². The molecule has 1 aliphatic rings. The fraction of sp³-hybridized carbons (Fsp3) is 0.286. The number of nitrogens with one attached hydrogen (secondary N) is 1. The molecule has 20 heavy (non-hydrogen) atoms. The van der Waals surface area contributed by atoms with Gasteiger partial charge in [-0.15, -0.1) is 0 Å². The van der Waals surface area contributed by atoms with Crippen molar-refractivity contribution in [3.63, 3.8) is 0 Å². The second-order valence-electron chi connectivity index (χ2n) is 4.36. The van der Waals surface area contributed by atoms with E-state index in [2.05, 4.69) is 21.2 Å². The van der Waals surface area contributed by atoms with Crippen LogP contribution in [0.25, 0.3) is 0 Å². The van der Waals surface area contributed by atoms with E-state index in [1.54, 1.807) is 6.07 Å². The Morgan fingerprint density at radius 3 is 2.50 bits per heavy atom. The zero-order valence-corrected chi connectivity index (χ0v) is 12.3. The van der Waals surface area contributed by atoms with E-state index in [1.807, 2.05) is 18.2 Å². The van der Waals surface area contributed by atoms with Crippen LogP contribution in [0.2, 0.25) is 0 Å². The normalized spacial score (nSPS) is 13.3. The molecule has 2 N–H and O–H groups in total. The van der Waals surface area contributed by atoms with Crippen LogP contribution in [-0.4, -0.2) is 18.3 Å². The summed E-state index contributed by atoms with van der Waals surface area (Å²) in [4.78, 5) is 0. The maximum Gasteiger partial charge on any atom is 0.163 e. The molecule has 2 aromatic rings. The first-order valence-corrected chi connectivity index (χ1v) is 7.07. The fourth-order valence-electron chi connectivity index (χ4n) is 1.98. The standard InChI is InChI=1S/C14H14BrNO4/c15-11-5-13-14(19-4-3-18-13)6-12(11)16-7-9-1-2-10(8-17)20-9/h1-2,5-6,16-17H,3-4,7-8H2. The number of hydrogen-bond acceptors (Lipinski definition) is 5. The first kappa shape index (κ1) is 13.3. The third-order valence-electron chi connectivity index (χ3n) is 2.96. The minimum atomic E-state index is -0.0896. The van der Waals surface area contributed by atoms with Crippen LogP contribution in [-0.2, 0) is 13.2 Å². The number of rotatable bonds is 4. The molecule has 1 aliphatic heterocycles. The number of anilines is 1. The van der Waals surface area contributed by atoms with Gasteiger partial charge in [-0.05, 0) is 28.1 Å². The molecule has 0 saturated heterocycles. The molecule has 3 rings (SSSR count). The van der Waals surface area contributed by atoms with Crippen LogP contribution >= 0.6 is 15.9 Å². The van der Waals surface area contributed by atoms with Gasteiger partial charge in [0, 0.05) is 16.6 Å². The smallest absolute Gasteiger partial charge is 0.163 e. The number of fused-ring (bicyclic) bond motifs is 1. The minimum Gasteiger partial charge on any atom is -0.486 e. The van der Waals surface area contributed by atoms with Crippen molar-refractivity contribution in [2.24, 2.45) is 0 Å². The third-order valence-corrected chi connectivity index (χ3v) is 3.61. The maximum atomic E-state index is 8.96. The van der Waals surface area contributed by atoms with E-state index in [-0.39, 0.29) is 6.61 Å². The summed E-state index contributed by atoms with van der Waals surface area (Å²) in [5.74, 6) is 2.80. The number of benzene rings is 1. The number of aliphatic hydroxyl groups is 1. The molecule has 0 aliphatic carbocycles. The van der Waals surface area contributed by atoms with Crippen molar-refractivity contribution in [1.82, 2.24) is 0 Å². The SMILES string of the molecule is OCc1ccc(CNc2cc3c(cc2Br)OCCO3)o1. The first-order valence-electron chi connectivity index (χ1n) is 6.28. The van der Waals surface area contributed by atoms with E-state index in [0.717, 1.165) is 27.4 Å². The van der Waals surface area contributed by atoms with Crippen molar-refractivity contribution in [2.45, 2.75) is 13.2 Å². The minimum absolute atomic E-state index is 0.0896. The van der Waals surface area contributed by atoms with Crippen molar-refractivity contribution < 1.29 is 19.0 Å². The molecule has 6 heteroatoms. The molecule has 0 bridgehead atoms. The summed E-state index contributed by atoms with van der Waals surface area (Å²) in [5, 5.41) is 12.2. The Kier molecular flexibility index (Phi) is 3.84. The van der Waals surface area contributed by atoms with Gasteiger partial charge in [0.15, 0.2) is 11.5 Å². The molecule has 1 aromatic carbocycles. The van der Waals surface area contributed by atoms with Crippen molar-refractivity contribution in [3.8, 4) is 11.5 Å². The Morgan fingerprint density at radius 1 is 1.10 bits per heavy atom. The van der Waals surface area contributed by atoms with Gasteiger partial charge in [0.2, 0.25) is 0 Å². The summed E-state index contributed by atoms with van der Waals surface area (Å²) < 4.78 is 17.4. The third kappa shape index (κ3) is 2.76. The molecular formula is C14H14BrNO4. The number of ether oxygens (including phenoxy) is 2. The van der Waals surface area contributed by atoms with Gasteiger partial charge < -0.3 is 24.3 Å². The summed E-state index contributed by atoms with van der Waals surface area (Å²) in [6, 6.07) is 7.38. The van der Waals surface area contributed by atoms with E-state index in [9.17, 15) is 0 Å². The van der Waals surface area contributed by atoms with Crippen LogP contribution in [0.3, 0.4) is 0 Å². The Bertz CT molecular complexity index is 611. The lowest BCUT2D eigenvalue weighted by atomic mass is 10.2. The maximum absolute atomic E-state index is 8.96. The average molecular weight is 340 g/mol. The Morgan fingerprint density at radius 2 is 1.80 bits per heavy atom. The Hall–Kier alpha value is -1.66. The molecule has 5 nitrogen and oxygen atoms in total. The van der Waals surface area contributed by atoms with Crippen LogP contribution in [0.5, 0.6) is 11.5 Å². The fourth-order valence-corrected chi connectivity index (χ4v) is 2.45. The van der Waals surface area contributed by atoms with Crippen molar-refractivity contribution in [3.05, 3.63) is 40.3 Å². The molecule has 2 heterocycles. The average Bonchev–Trinajstić information content (AvgIpc) is 2.93. The molecule has 1 aromatic heterocycles. The van der Waals surface area contributed by atoms with Gasteiger partial charge in [-0.1, -0.05) is 0 Å². The van der Waals surface area contributed by atoms with Crippen LogP contribution in [0.1, 0.15) is 11.5 Å².